The summed E-state index contributed by atoms with van der Waals surface area (Å²) < 4.78 is 0. The Morgan fingerprint density at radius 3 is 2.38 bits per heavy atom. The highest BCUT2D eigenvalue weighted by atomic mass is 16.4. The van der Waals surface area contributed by atoms with Crippen molar-refractivity contribution in [2.45, 2.75) is 110 Å². The first kappa shape index (κ1) is 24.5. The number of rotatable bonds is 6. The predicted molar refractivity (Wildman–Crippen MR) is 124 cm³/mol. The predicted octanol–water partition coefficient (Wildman–Crippen LogP) is 4.47. The van der Waals surface area contributed by atoms with E-state index in [4.69, 9.17) is 0 Å². The summed E-state index contributed by atoms with van der Waals surface area (Å²) in [6.45, 7) is 8.74. The van der Waals surface area contributed by atoms with Gasteiger partial charge < -0.3 is 20.4 Å². The van der Waals surface area contributed by atoms with Crippen LogP contribution in [0.3, 0.4) is 0 Å². The smallest absolute Gasteiger partial charge is 0.306 e. The monoisotopic (exact) mass is 450 g/mol. The summed E-state index contributed by atoms with van der Waals surface area (Å²) in [6, 6.07) is 0. The Hall–Kier alpha value is -0.650. The fraction of sp³-hybridized carbons (Fsp3) is 0.963. The van der Waals surface area contributed by atoms with Crippen molar-refractivity contribution in [3.05, 3.63) is 0 Å². The number of aliphatic hydroxyl groups excluding tert-OH is 3. The number of carboxylic acids is 1. The fourth-order valence-electron chi connectivity index (χ4n) is 9.20. The van der Waals surface area contributed by atoms with E-state index in [9.17, 15) is 25.2 Å². The first-order valence-corrected chi connectivity index (χ1v) is 13.3. The quantitative estimate of drug-likeness (QED) is 0.478. The Kier molecular flexibility index (Phi) is 6.77. The van der Waals surface area contributed by atoms with Crippen LogP contribution in [0.1, 0.15) is 91.9 Å². The molecule has 1 unspecified atom stereocenters. The molecule has 5 heteroatoms. The lowest BCUT2D eigenvalue weighted by Crippen LogP contribution is -2.62. The zero-order chi connectivity index (χ0) is 23.4. The Morgan fingerprint density at radius 2 is 1.69 bits per heavy atom. The molecule has 0 spiro atoms. The number of carbonyl (C=O) groups is 1. The summed E-state index contributed by atoms with van der Waals surface area (Å²) in [5, 5.41) is 42.4. The van der Waals surface area contributed by atoms with E-state index >= 15 is 0 Å². The van der Waals surface area contributed by atoms with Crippen molar-refractivity contribution in [2.75, 3.05) is 0 Å². The van der Waals surface area contributed by atoms with Gasteiger partial charge in [-0.25, -0.2) is 0 Å². The van der Waals surface area contributed by atoms with Gasteiger partial charge in [-0.1, -0.05) is 40.5 Å². The molecule has 0 aliphatic heterocycles. The highest BCUT2D eigenvalue weighted by Crippen LogP contribution is 2.68. The first-order chi connectivity index (χ1) is 15.0. The average Bonchev–Trinajstić information content (AvgIpc) is 3.08. The molecule has 5 nitrogen and oxygen atoms in total. The molecule has 4 rings (SSSR count). The molecular formula is C27H46O5. The van der Waals surface area contributed by atoms with Crippen LogP contribution in [0.25, 0.3) is 0 Å². The lowest BCUT2D eigenvalue weighted by atomic mass is 9.43. The van der Waals surface area contributed by atoms with Crippen LogP contribution < -0.4 is 0 Å². The van der Waals surface area contributed by atoms with Crippen molar-refractivity contribution in [2.24, 2.45) is 52.3 Å². The van der Waals surface area contributed by atoms with Crippen molar-refractivity contribution in [1.29, 1.82) is 0 Å². The van der Waals surface area contributed by atoms with Crippen LogP contribution in [0.5, 0.6) is 0 Å². The molecule has 0 aromatic heterocycles. The van der Waals surface area contributed by atoms with E-state index in [1.165, 1.54) is 0 Å². The lowest BCUT2D eigenvalue weighted by molar-refractivity contribution is -0.207. The van der Waals surface area contributed by atoms with Gasteiger partial charge in [0.15, 0.2) is 0 Å². The van der Waals surface area contributed by atoms with Gasteiger partial charge in [0.25, 0.3) is 0 Å². The van der Waals surface area contributed by atoms with Crippen LogP contribution in [-0.2, 0) is 4.79 Å². The van der Waals surface area contributed by atoms with Crippen molar-refractivity contribution >= 4 is 5.97 Å². The summed E-state index contributed by atoms with van der Waals surface area (Å²) in [7, 11) is 0. The molecule has 4 aliphatic carbocycles. The topological polar surface area (TPSA) is 98.0 Å². The van der Waals surface area contributed by atoms with E-state index in [2.05, 4.69) is 20.8 Å². The lowest BCUT2D eigenvalue weighted by Gasteiger charge is -2.63. The molecule has 4 aliphatic rings. The third-order valence-electron chi connectivity index (χ3n) is 11.2. The zero-order valence-corrected chi connectivity index (χ0v) is 20.5. The first-order valence-electron chi connectivity index (χ1n) is 13.3. The number of hydrogen-bond acceptors (Lipinski definition) is 4. The van der Waals surface area contributed by atoms with Gasteiger partial charge in [0.05, 0.1) is 24.2 Å². The molecule has 4 N–H and O–H groups in total. The highest BCUT2D eigenvalue weighted by molar-refractivity contribution is 5.69. The maximum absolute atomic E-state index is 11.6. The molecule has 4 fully saturated rings. The maximum Gasteiger partial charge on any atom is 0.306 e. The van der Waals surface area contributed by atoms with Gasteiger partial charge in [-0.05, 0) is 97.7 Å². The summed E-state index contributed by atoms with van der Waals surface area (Å²) in [4.78, 5) is 11.2. The molecule has 32 heavy (non-hydrogen) atoms. The molecular weight excluding hydrogens is 404 g/mol. The van der Waals surface area contributed by atoms with E-state index in [0.29, 0.717) is 36.0 Å². The van der Waals surface area contributed by atoms with Crippen LogP contribution in [0, 0.1) is 52.3 Å². The summed E-state index contributed by atoms with van der Waals surface area (Å²) in [5.74, 6) is 1.16. The van der Waals surface area contributed by atoms with Gasteiger partial charge in [0.1, 0.15) is 0 Å². The molecule has 12 atom stereocenters. The maximum atomic E-state index is 11.6. The zero-order valence-electron chi connectivity index (χ0n) is 20.5. The molecule has 0 bridgehead atoms. The van der Waals surface area contributed by atoms with Crippen molar-refractivity contribution < 1.29 is 25.2 Å². The highest BCUT2D eigenvalue weighted by Gasteiger charge is 2.65. The number of aliphatic hydroxyl groups is 3. The molecule has 0 aromatic rings. The van der Waals surface area contributed by atoms with Crippen molar-refractivity contribution in [3.8, 4) is 0 Å². The minimum absolute atomic E-state index is 0.113. The Labute approximate surface area is 194 Å². The van der Waals surface area contributed by atoms with Crippen molar-refractivity contribution in [3.63, 3.8) is 0 Å². The third-order valence-corrected chi connectivity index (χ3v) is 11.2. The van der Waals surface area contributed by atoms with Crippen LogP contribution in [0.4, 0.5) is 0 Å². The summed E-state index contributed by atoms with van der Waals surface area (Å²) >= 11 is 0. The average molecular weight is 451 g/mol. The largest absolute Gasteiger partial charge is 0.481 e. The Bertz CT molecular complexity index is 696. The van der Waals surface area contributed by atoms with E-state index in [1.54, 1.807) is 6.92 Å². The van der Waals surface area contributed by atoms with Crippen LogP contribution in [0.15, 0.2) is 0 Å². The summed E-state index contributed by atoms with van der Waals surface area (Å²) in [6.07, 6.45) is 8.11. The molecule has 0 heterocycles. The number of fused-ring (bicyclic) bond motifs is 5. The van der Waals surface area contributed by atoms with Gasteiger partial charge >= 0.3 is 5.97 Å². The Morgan fingerprint density at radius 1 is 0.969 bits per heavy atom. The third kappa shape index (κ3) is 3.84. The second kappa shape index (κ2) is 8.85. The van der Waals surface area contributed by atoms with Crippen molar-refractivity contribution in [1.82, 2.24) is 0 Å². The Balaban J connectivity index is 1.51. The second-order valence-electron chi connectivity index (χ2n) is 12.7. The normalized spacial score (nSPS) is 50.1. The minimum atomic E-state index is -0.715. The van der Waals surface area contributed by atoms with Crippen LogP contribution in [0.2, 0.25) is 0 Å². The standard InChI is InChI=1S/C27H46O5/c1-15(6-5-7-16(2)25(31)32)19-8-9-20-24-21(14-23(30)27(19,20)4)26(3)11-10-18(28)12-17(26)13-22(24)29/h15-24,28-30H,5-14H2,1-4H3,(H,31,32)/t15-,16-,17+,18-,19-,20+,21?,22-,23+,24+,26+,27-/m1/s1. The second-order valence-corrected chi connectivity index (χ2v) is 12.7. The van der Waals surface area contributed by atoms with Gasteiger partial charge in [-0.2, -0.15) is 0 Å². The van der Waals surface area contributed by atoms with E-state index in [-0.39, 0.29) is 41.0 Å². The molecule has 0 aromatic carbocycles. The van der Waals surface area contributed by atoms with E-state index < -0.39 is 5.97 Å². The molecule has 0 radical (unpaired) electrons. The molecule has 0 amide bonds. The molecule has 4 saturated carbocycles. The number of aliphatic carboxylic acids is 1. The number of hydrogen-bond donors (Lipinski definition) is 4. The molecule has 184 valence electrons. The van der Waals surface area contributed by atoms with Gasteiger partial charge in [0.2, 0.25) is 0 Å². The summed E-state index contributed by atoms with van der Waals surface area (Å²) in [5.41, 5.74) is -0.0561. The van der Waals surface area contributed by atoms with E-state index in [1.807, 2.05) is 0 Å². The van der Waals surface area contributed by atoms with E-state index in [0.717, 1.165) is 57.8 Å². The van der Waals surface area contributed by atoms with Gasteiger partial charge in [-0.15, -0.1) is 0 Å². The van der Waals surface area contributed by atoms with Crippen LogP contribution in [-0.4, -0.2) is 44.7 Å². The molecule has 0 saturated heterocycles. The minimum Gasteiger partial charge on any atom is -0.481 e. The van der Waals surface area contributed by atoms with Gasteiger partial charge in [0, 0.05) is 0 Å². The number of carboxylic acid groups (broad SMARTS) is 1. The fourth-order valence-corrected chi connectivity index (χ4v) is 9.20. The van der Waals surface area contributed by atoms with Gasteiger partial charge in [-0.3, -0.25) is 4.79 Å². The van der Waals surface area contributed by atoms with Crippen LogP contribution >= 0.6 is 0 Å². The SMILES string of the molecule is C[C@H](CCC[C@@H](C)[C@H]1CC[C@H]2[C@H]3C(C[C@H](O)[C@]12C)[C@@]1(C)CC[C@@H](O)C[C@H]1C[C@H]3O)C(=O)O.